The van der Waals surface area contributed by atoms with Crippen molar-refractivity contribution in [2.75, 3.05) is 20.3 Å². The van der Waals surface area contributed by atoms with Crippen LogP contribution >= 0.6 is 15.9 Å². The molecule has 16 heavy (non-hydrogen) atoms. The minimum absolute atomic E-state index is 0.196. The SMILES string of the molecule is CCCNC(COC)c1c(Br)cnn1CC. The van der Waals surface area contributed by atoms with Gasteiger partial charge in [0.2, 0.25) is 0 Å². The molecule has 1 rings (SSSR count). The van der Waals surface area contributed by atoms with E-state index in [0.717, 1.165) is 29.7 Å². The first-order valence-electron chi connectivity index (χ1n) is 5.68. The van der Waals surface area contributed by atoms with Crippen molar-refractivity contribution >= 4 is 15.9 Å². The summed E-state index contributed by atoms with van der Waals surface area (Å²) >= 11 is 3.54. The molecule has 0 aliphatic heterocycles. The Kier molecular flexibility index (Phi) is 6.01. The molecule has 0 amide bonds. The predicted octanol–water partition coefficient (Wildman–Crippen LogP) is 2.35. The van der Waals surface area contributed by atoms with Crippen molar-refractivity contribution in [2.45, 2.75) is 32.9 Å². The molecule has 1 aromatic rings. The van der Waals surface area contributed by atoms with E-state index in [1.165, 1.54) is 0 Å². The third-order valence-corrected chi connectivity index (χ3v) is 3.05. The summed E-state index contributed by atoms with van der Waals surface area (Å²) in [6, 6.07) is 0.196. The number of hydrogen-bond donors (Lipinski definition) is 1. The summed E-state index contributed by atoms with van der Waals surface area (Å²) in [6.07, 6.45) is 2.95. The van der Waals surface area contributed by atoms with E-state index in [0.29, 0.717) is 6.61 Å². The summed E-state index contributed by atoms with van der Waals surface area (Å²) in [5, 5.41) is 7.79. The Morgan fingerprint density at radius 1 is 1.56 bits per heavy atom. The van der Waals surface area contributed by atoms with Gasteiger partial charge in [-0.15, -0.1) is 0 Å². The first kappa shape index (κ1) is 13.7. The van der Waals surface area contributed by atoms with E-state index in [9.17, 15) is 0 Å². The van der Waals surface area contributed by atoms with Gasteiger partial charge < -0.3 is 10.1 Å². The first-order valence-corrected chi connectivity index (χ1v) is 6.47. The monoisotopic (exact) mass is 289 g/mol. The Hall–Kier alpha value is -0.390. The van der Waals surface area contributed by atoms with Crippen LogP contribution in [0.25, 0.3) is 0 Å². The van der Waals surface area contributed by atoms with Gasteiger partial charge in [-0.25, -0.2) is 0 Å². The zero-order chi connectivity index (χ0) is 12.0. The molecule has 1 unspecified atom stereocenters. The lowest BCUT2D eigenvalue weighted by atomic mass is 10.2. The highest BCUT2D eigenvalue weighted by Crippen LogP contribution is 2.23. The first-order chi connectivity index (χ1) is 7.74. The van der Waals surface area contributed by atoms with Crippen molar-refractivity contribution in [3.8, 4) is 0 Å². The number of aromatic nitrogens is 2. The van der Waals surface area contributed by atoms with Gasteiger partial charge in [0.15, 0.2) is 0 Å². The Morgan fingerprint density at radius 3 is 2.88 bits per heavy atom. The van der Waals surface area contributed by atoms with Crippen molar-refractivity contribution in [3.05, 3.63) is 16.4 Å². The molecule has 0 bridgehead atoms. The van der Waals surface area contributed by atoms with Crippen LogP contribution in [0.15, 0.2) is 10.7 Å². The molecule has 5 heteroatoms. The molecule has 0 spiro atoms. The summed E-state index contributed by atoms with van der Waals surface area (Å²) < 4.78 is 8.29. The predicted molar refractivity (Wildman–Crippen MR) is 68.5 cm³/mol. The summed E-state index contributed by atoms with van der Waals surface area (Å²) in [5.74, 6) is 0. The van der Waals surface area contributed by atoms with Crippen LogP contribution in [-0.4, -0.2) is 30.0 Å². The van der Waals surface area contributed by atoms with Gasteiger partial charge in [-0.3, -0.25) is 4.68 Å². The van der Waals surface area contributed by atoms with E-state index in [-0.39, 0.29) is 6.04 Å². The molecule has 1 aromatic heterocycles. The maximum Gasteiger partial charge on any atom is 0.0741 e. The summed E-state index contributed by atoms with van der Waals surface area (Å²) in [7, 11) is 1.72. The van der Waals surface area contributed by atoms with E-state index in [1.807, 2.05) is 10.9 Å². The lowest BCUT2D eigenvalue weighted by Gasteiger charge is -2.19. The minimum Gasteiger partial charge on any atom is -0.383 e. The quantitative estimate of drug-likeness (QED) is 0.838. The molecule has 1 atom stereocenters. The fourth-order valence-electron chi connectivity index (χ4n) is 1.69. The molecule has 0 aliphatic rings. The average molecular weight is 290 g/mol. The smallest absolute Gasteiger partial charge is 0.0741 e. The van der Waals surface area contributed by atoms with Gasteiger partial charge in [0.1, 0.15) is 0 Å². The molecule has 1 N–H and O–H groups in total. The molecule has 0 aromatic carbocycles. The maximum atomic E-state index is 5.25. The van der Waals surface area contributed by atoms with E-state index < -0.39 is 0 Å². The summed E-state index contributed by atoms with van der Waals surface area (Å²) in [4.78, 5) is 0. The lowest BCUT2D eigenvalue weighted by Crippen LogP contribution is -2.28. The van der Waals surface area contributed by atoms with Gasteiger partial charge in [0.25, 0.3) is 0 Å². The Bertz CT molecular complexity index is 314. The molecule has 92 valence electrons. The van der Waals surface area contributed by atoms with Gasteiger partial charge in [-0.1, -0.05) is 6.92 Å². The van der Waals surface area contributed by atoms with E-state index in [1.54, 1.807) is 7.11 Å². The number of hydrogen-bond acceptors (Lipinski definition) is 3. The van der Waals surface area contributed by atoms with Gasteiger partial charge in [-0.2, -0.15) is 5.10 Å². The van der Waals surface area contributed by atoms with Crippen molar-refractivity contribution in [1.29, 1.82) is 0 Å². The summed E-state index contributed by atoms with van der Waals surface area (Å²) in [5.41, 5.74) is 1.16. The topological polar surface area (TPSA) is 39.1 Å². The second kappa shape index (κ2) is 7.04. The van der Waals surface area contributed by atoms with Crippen LogP contribution in [0.1, 0.15) is 32.0 Å². The van der Waals surface area contributed by atoms with E-state index >= 15 is 0 Å². The zero-order valence-electron chi connectivity index (χ0n) is 10.2. The number of nitrogens with zero attached hydrogens (tertiary/aromatic N) is 2. The molecular formula is C11H20BrN3O. The number of aryl methyl sites for hydroxylation is 1. The largest absolute Gasteiger partial charge is 0.383 e. The third-order valence-electron chi connectivity index (χ3n) is 2.44. The number of methoxy groups -OCH3 is 1. The van der Waals surface area contributed by atoms with Crippen LogP contribution in [0.4, 0.5) is 0 Å². The Labute approximate surface area is 105 Å². The van der Waals surface area contributed by atoms with Crippen LogP contribution in [0.3, 0.4) is 0 Å². The van der Waals surface area contributed by atoms with Crippen LogP contribution in [0, 0.1) is 0 Å². The molecule has 0 radical (unpaired) electrons. The Morgan fingerprint density at radius 2 is 2.31 bits per heavy atom. The molecule has 0 saturated heterocycles. The van der Waals surface area contributed by atoms with Crippen LogP contribution < -0.4 is 5.32 Å². The second-order valence-electron chi connectivity index (χ2n) is 3.66. The highest BCUT2D eigenvalue weighted by atomic mass is 79.9. The molecule has 4 nitrogen and oxygen atoms in total. The average Bonchev–Trinajstić information content (AvgIpc) is 2.66. The number of rotatable bonds is 7. The molecule has 0 fully saturated rings. The molecule has 1 heterocycles. The molecule has 0 saturated carbocycles. The van der Waals surface area contributed by atoms with E-state index in [2.05, 4.69) is 40.2 Å². The number of nitrogens with one attached hydrogen (secondary N) is 1. The highest BCUT2D eigenvalue weighted by molar-refractivity contribution is 9.10. The molecular weight excluding hydrogens is 270 g/mol. The standard InChI is InChI=1S/C11H20BrN3O/c1-4-6-13-10(8-16-3)11-9(12)7-14-15(11)5-2/h7,10,13H,4-6,8H2,1-3H3. The van der Waals surface area contributed by atoms with Gasteiger partial charge >= 0.3 is 0 Å². The van der Waals surface area contributed by atoms with Crippen molar-refractivity contribution in [3.63, 3.8) is 0 Å². The second-order valence-corrected chi connectivity index (χ2v) is 4.51. The van der Waals surface area contributed by atoms with E-state index in [4.69, 9.17) is 4.74 Å². The van der Waals surface area contributed by atoms with Gasteiger partial charge in [0.05, 0.1) is 29.0 Å². The van der Waals surface area contributed by atoms with Crippen LogP contribution in [0.5, 0.6) is 0 Å². The van der Waals surface area contributed by atoms with Crippen LogP contribution in [-0.2, 0) is 11.3 Å². The molecule has 0 aliphatic carbocycles. The Balaban J connectivity index is 2.85. The fraction of sp³-hybridized carbons (Fsp3) is 0.727. The van der Waals surface area contributed by atoms with Crippen molar-refractivity contribution in [2.24, 2.45) is 0 Å². The third kappa shape index (κ3) is 3.30. The zero-order valence-corrected chi connectivity index (χ0v) is 11.7. The summed E-state index contributed by atoms with van der Waals surface area (Å²) in [6.45, 7) is 6.75. The maximum absolute atomic E-state index is 5.25. The highest BCUT2D eigenvalue weighted by Gasteiger charge is 2.18. The van der Waals surface area contributed by atoms with Gasteiger partial charge in [0, 0.05) is 13.7 Å². The lowest BCUT2D eigenvalue weighted by molar-refractivity contribution is 0.163. The normalized spacial score (nSPS) is 13.0. The minimum atomic E-state index is 0.196. The van der Waals surface area contributed by atoms with Gasteiger partial charge in [-0.05, 0) is 35.8 Å². The number of ether oxygens (including phenoxy) is 1. The van der Waals surface area contributed by atoms with Crippen LogP contribution in [0.2, 0.25) is 0 Å². The van der Waals surface area contributed by atoms with Crippen molar-refractivity contribution in [1.82, 2.24) is 15.1 Å². The van der Waals surface area contributed by atoms with Crippen molar-refractivity contribution < 1.29 is 4.74 Å². The number of halogens is 1. The fourth-order valence-corrected chi connectivity index (χ4v) is 2.26.